The molecule has 6 nitrogen and oxygen atoms in total. The van der Waals surface area contributed by atoms with Gasteiger partial charge in [0.05, 0.1) is 0 Å². The molecule has 1 aliphatic heterocycles. The van der Waals surface area contributed by atoms with Gasteiger partial charge in [0.25, 0.3) is 0 Å². The summed E-state index contributed by atoms with van der Waals surface area (Å²) in [5, 5.41) is 13.9. The predicted molar refractivity (Wildman–Crippen MR) is 65.4 cm³/mol. The van der Waals surface area contributed by atoms with Crippen molar-refractivity contribution in [3.05, 3.63) is 51.0 Å². The molecule has 18 heavy (non-hydrogen) atoms. The molecule has 7 heteroatoms. The van der Waals surface area contributed by atoms with Gasteiger partial charge in [-0.25, -0.2) is 0 Å². The van der Waals surface area contributed by atoms with Gasteiger partial charge >= 0.3 is 0 Å². The monoisotopic (exact) mass is 271 g/mol. The smallest absolute Gasteiger partial charge is 0.216 e. The third kappa shape index (κ3) is 2.72. The van der Waals surface area contributed by atoms with Crippen LogP contribution in [0.25, 0.3) is 0 Å². The lowest BCUT2D eigenvalue weighted by Gasteiger charge is -2.37. The largest absolute Gasteiger partial charge is 0.412 e. The molecule has 2 rings (SSSR count). The summed E-state index contributed by atoms with van der Waals surface area (Å²) < 4.78 is 0. The summed E-state index contributed by atoms with van der Waals surface area (Å²) in [6.07, 6.45) is 0.311. The summed E-state index contributed by atoms with van der Waals surface area (Å²) in [4.78, 5) is 21.8. The Labute approximate surface area is 108 Å². The minimum absolute atomic E-state index is 0. The first kappa shape index (κ1) is 14.3. The van der Waals surface area contributed by atoms with Crippen LogP contribution in [-0.2, 0) is 4.79 Å². The van der Waals surface area contributed by atoms with E-state index in [0.29, 0.717) is 10.6 Å². The molecule has 1 heterocycles. The molecule has 0 radical (unpaired) electrons. The van der Waals surface area contributed by atoms with Crippen molar-refractivity contribution in [2.75, 3.05) is 0 Å². The molecule has 1 aromatic rings. The van der Waals surface area contributed by atoms with Crippen LogP contribution in [0.15, 0.2) is 24.3 Å². The highest BCUT2D eigenvalue weighted by atomic mass is 35.5. The molecular formula is C11H12ClN2O4-. The van der Waals surface area contributed by atoms with Gasteiger partial charge in [-0.05, 0) is 17.7 Å². The van der Waals surface area contributed by atoms with Crippen LogP contribution >= 0.6 is 11.6 Å². The molecule has 3 N–H and O–H groups in total. The average molecular weight is 272 g/mol. The molecule has 1 atom stereocenters. The number of hydrogen-bond donors (Lipinski definition) is 1. The van der Waals surface area contributed by atoms with Crippen LogP contribution < -0.4 is 5.32 Å². The maximum Gasteiger partial charge on any atom is 0.216 e. The van der Waals surface area contributed by atoms with Gasteiger partial charge in [-0.2, -0.15) is 0 Å². The number of carbonyl (C=O) groups is 1. The van der Waals surface area contributed by atoms with Crippen molar-refractivity contribution < 1.29 is 15.2 Å². The van der Waals surface area contributed by atoms with E-state index in [-0.39, 0.29) is 30.3 Å². The van der Waals surface area contributed by atoms with Gasteiger partial charge in [0.15, 0.2) is 0 Å². The van der Waals surface area contributed by atoms with Gasteiger partial charge in [-0.3, -0.25) is 14.9 Å². The first-order chi connectivity index (χ1) is 8.09. The van der Waals surface area contributed by atoms with Crippen LogP contribution in [0.1, 0.15) is 24.4 Å². The zero-order valence-electron chi connectivity index (χ0n) is 9.35. The molecule has 0 spiro atoms. The van der Waals surface area contributed by atoms with Gasteiger partial charge < -0.3 is 10.8 Å². The Balaban J connectivity index is 0.00000162. The number of nitrogens with one attached hydrogen (secondary N) is 1. The second-order valence-corrected chi connectivity index (χ2v) is 4.18. The number of hydrogen-bond acceptors (Lipinski definition) is 3. The number of benzene rings is 1. The lowest BCUT2D eigenvalue weighted by molar-refractivity contribution is -0.474. The van der Waals surface area contributed by atoms with E-state index in [4.69, 9.17) is 11.6 Å². The fourth-order valence-electron chi connectivity index (χ4n) is 1.87. The minimum atomic E-state index is -0.722. The first-order valence-corrected chi connectivity index (χ1v) is 5.51. The van der Waals surface area contributed by atoms with E-state index in [9.17, 15) is 14.9 Å². The Morgan fingerprint density at radius 1 is 1.44 bits per heavy atom. The third-order valence-electron chi connectivity index (χ3n) is 2.70. The Bertz CT molecular complexity index is 466. The fourth-order valence-corrected chi connectivity index (χ4v) is 2.11. The predicted octanol–water partition coefficient (Wildman–Crippen LogP) is 1.28. The minimum Gasteiger partial charge on any atom is -0.412 e. The third-order valence-corrected chi connectivity index (χ3v) is 3.04. The molecule has 1 amide bonds. The van der Waals surface area contributed by atoms with Crippen molar-refractivity contribution in [1.29, 1.82) is 0 Å². The highest BCUT2D eigenvalue weighted by molar-refractivity contribution is 6.31. The van der Waals surface area contributed by atoms with Gasteiger partial charge in [-0.15, -0.1) is 4.92 Å². The van der Waals surface area contributed by atoms with Crippen LogP contribution in [0.2, 0.25) is 5.02 Å². The van der Waals surface area contributed by atoms with Crippen molar-refractivity contribution in [3.8, 4) is 0 Å². The molecular weight excluding hydrogens is 260 g/mol. The maximum atomic E-state index is 11.3. The summed E-state index contributed by atoms with van der Waals surface area (Å²) in [6.45, 7) is 0. The number of carbonyl (C=O) groups excluding carboxylic acids is 1. The maximum absolute atomic E-state index is 11.3. The van der Waals surface area contributed by atoms with E-state index in [1.165, 1.54) is 0 Å². The molecule has 0 bridgehead atoms. The second kappa shape index (κ2) is 5.70. The van der Waals surface area contributed by atoms with Crippen LogP contribution in [-0.4, -0.2) is 16.3 Å². The number of nitro groups is 1. The van der Waals surface area contributed by atoms with E-state index in [1.807, 2.05) is 0 Å². The molecule has 1 aromatic carbocycles. The van der Waals surface area contributed by atoms with Crippen molar-refractivity contribution in [2.24, 2.45) is 0 Å². The molecule has 0 aromatic heterocycles. The van der Waals surface area contributed by atoms with Crippen molar-refractivity contribution in [3.63, 3.8) is 0 Å². The summed E-state index contributed by atoms with van der Waals surface area (Å²) in [5.74, 6) is -0.194. The highest BCUT2D eigenvalue weighted by Gasteiger charge is 2.27. The molecule has 1 unspecified atom stereocenters. The standard InChI is InChI=1S/C11H10ClN2O3.H2O/c12-8-4-2-1-3-7(8)11-9(14(16)17)5-6-10(15)13-11;/h1-4,11H,5-6H2,(H,13,15);1H2/q-1;. The molecule has 98 valence electrons. The Morgan fingerprint density at radius 2 is 2.11 bits per heavy atom. The Hall–Kier alpha value is -1.79. The van der Waals surface area contributed by atoms with Gasteiger partial charge in [0.2, 0.25) is 5.91 Å². The second-order valence-electron chi connectivity index (χ2n) is 3.77. The van der Waals surface area contributed by atoms with Crippen LogP contribution in [0.3, 0.4) is 0 Å². The van der Waals surface area contributed by atoms with E-state index < -0.39 is 11.0 Å². The van der Waals surface area contributed by atoms with E-state index in [1.54, 1.807) is 24.3 Å². The van der Waals surface area contributed by atoms with E-state index >= 15 is 0 Å². The van der Waals surface area contributed by atoms with Crippen molar-refractivity contribution in [1.82, 2.24) is 5.32 Å². The normalized spacial score (nSPS) is 18.8. The van der Waals surface area contributed by atoms with Gasteiger partial charge in [0.1, 0.15) is 0 Å². The summed E-state index contributed by atoms with van der Waals surface area (Å²) >= 11 is 5.99. The van der Waals surface area contributed by atoms with E-state index in [0.717, 1.165) is 0 Å². The molecule has 1 saturated heterocycles. The zero-order chi connectivity index (χ0) is 12.4. The zero-order valence-corrected chi connectivity index (χ0v) is 10.1. The number of piperidine rings is 1. The topological polar surface area (TPSA) is 104 Å². The number of halogens is 1. The number of rotatable bonds is 2. The number of nitrogens with zero attached hydrogens (tertiary/aromatic N) is 1. The Kier molecular flexibility index (Phi) is 4.52. The van der Waals surface area contributed by atoms with Crippen molar-refractivity contribution in [2.45, 2.75) is 18.9 Å². The fraction of sp³-hybridized carbons (Fsp3) is 0.273. The van der Waals surface area contributed by atoms with Crippen molar-refractivity contribution >= 4 is 17.5 Å². The SMILES string of the molecule is O.O=C1CC[C-]([N+](=O)[O-])C(c2ccccc2Cl)N1. The van der Waals surface area contributed by atoms with Crippen LogP contribution in [0, 0.1) is 16.2 Å². The summed E-state index contributed by atoms with van der Waals surface area (Å²) in [5.41, 5.74) is 0.564. The van der Waals surface area contributed by atoms with Gasteiger partial charge in [-0.1, -0.05) is 36.2 Å². The lowest BCUT2D eigenvalue weighted by atomic mass is 9.92. The number of amides is 1. The summed E-state index contributed by atoms with van der Waals surface area (Å²) in [6, 6.07) is 6.16. The lowest BCUT2D eigenvalue weighted by Crippen LogP contribution is -2.40. The van der Waals surface area contributed by atoms with E-state index in [2.05, 4.69) is 5.32 Å². The molecule has 0 aliphatic carbocycles. The van der Waals surface area contributed by atoms with Gasteiger partial charge in [0, 0.05) is 17.5 Å². The summed E-state index contributed by atoms with van der Waals surface area (Å²) in [7, 11) is 0. The highest BCUT2D eigenvalue weighted by Crippen LogP contribution is 2.35. The first-order valence-electron chi connectivity index (χ1n) is 5.13. The molecule has 1 aliphatic rings. The van der Waals surface area contributed by atoms with Crippen LogP contribution in [0.5, 0.6) is 0 Å². The Morgan fingerprint density at radius 3 is 2.72 bits per heavy atom. The molecule has 0 saturated carbocycles. The van der Waals surface area contributed by atoms with Crippen LogP contribution in [0.4, 0.5) is 0 Å². The average Bonchev–Trinajstić information content (AvgIpc) is 2.29. The molecule has 1 fully saturated rings. The quantitative estimate of drug-likeness (QED) is 0.497.